The molecule has 2 saturated heterocycles. The molecule has 2 aliphatic heterocycles. The highest BCUT2D eigenvalue weighted by Gasteiger charge is 2.53. The van der Waals surface area contributed by atoms with Crippen LogP contribution in [0.4, 0.5) is 0 Å². The van der Waals surface area contributed by atoms with Crippen LogP contribution in [-0.2, 0) is 19.1 Å². The van der Waals surface area contributed by atoms with Crippen molar-refractivity contribution in [1.29, 1.82) is 0 Å². The lowest BCUT2D eigenvalue weighted by atomic mass is 9.71. The normalized spacial score (nSPS) is 34.2. The lowest BCUT2D eigenvalue weighted by Gasteiger charge is -2.36. The van der Waals surface area contributed by atoms with Gasteiger partial charge < -0.3 is 19.7 Å². The summed E-state index contributed by atoms with van der Waals surface area (Å²) in [6, 6.07) is 9.70. The van der Waals surface area contributed by atoms with Crippen LogP contribution in [0.25, 0.3) is 10.9 Å². The first-order chi connectivity index (χ1) is 18.5. The van der Waals surface area contributed by atoms with Crippen LogP contribution in [0.1, 0.15) is 84.3 Å². The number of carbonyl (C=O) groups is 2. The Morgan fingerprint density at radius 2 is 1.95 bits per heavy atom. The third-order valence-electron chi connectivity index (χ3n) is 8.91. The summed E-state index contributed by atoms with van der Waals surface area (Å²) in [6.45, 7) is 11.1. The number of benzene rings is 1. The molecule has 7 nitrogen and oxygen atoms in total. The Morgan fingerprint density at radius 1 is 1.18 bits per heavy atom. The number of allylic oxidation sites excluding steroid dienone is 1. The summed E-state index contributed by atoms with van der Waals surface area (Å²) >= 11 is 0. The molecule has 2 N–H and O–H groups in total. The van der Waals surface area contributed by atoms with Crippen molar-refractivity contribution in [2.75, 3.05) is 0 Å². The first kappa shape index (κ1) is 29.4. The van der Waals surface area contributed by atoms with Gasteiger partial charge in [0.25, 0.3) is 0 Å². The van der Waals surface area contributed by atoms with Crippen molar-refractivity contribution in [3.63, 3.8) is 0 Å². The summed E-state index contributed by atoms with van der Waals surface area (Å²) in [7, 11) is 0. The van der Waals surface area contributed by atoms with E-state index >= 15 is 0 Å². The van der Waals surface area contributed by atoms with Crippen LogP contribution in [0.3, 0.4) is 0 Å². The van der Waals surface area contributed by atoms with E-state index in [1.807, 2.05) is 37.3 Å². The summed E-state index contributed by atoms with van der Waals surface area (Å²) in [5, 5.41) is 23.3. The van der Waals surface area contributed by atoms with Crippen molar-refractivity contribution < 1.29 is 29.3 Å². The summed E-state index contributed by atoms with van der Waals surface area (Å²) in [4.78, 5) is 31.4. The topological polar surface area (TPSA) is 109 Å². The van der Waals surface area contributed by atoms with Gasteiger partial charge in [0.1, 0.15) is 11.9 Å². The third-order valence-corrected chi connectivity index (χ3v) is 8.91. The molecule has 0 bridgehead atoms. The van der Waals surface area contributed by atoms with Gasteiger partial charge in [-0.2, -0.15) is 0 Å². The van der Waals surface area contributed by atoms with Crippen LogP contribution < -0.4 is 0 Å². The minimum Gasteiger partial charge on any atom is -0.457 e. The molecule has 1 aromatic carbocycles. The standard InChI is InChI=1S/C32H43NO6/c1-6-7-12-23-29(36)20(2)10-8-15-32(5)27(39-32)18-25(22-14-13-21-11-9-16-33-24(21)17-22)38-28(35)19-26(34)31(3,4)30(23)37/h6,9,11,13-14,16-17,20,23,25-27,29,34,36H,1,7-8,10,12,15,18-19H2,2-5H3. The molecule has 7 atom stereocenters. The van der Waals surface area contributed by atoms with E-state index in [1.54, 1.807) is 26.1 Å². The van der Waals surface area contributed by atoms with Gasteiger partial charge in [-0.25, -0.2) is 0 Å². The molecule has 0 saturated carbocycles. The van der Waals surface area contributed by atoms with Crippen molar-refractivity contribution in [3.8, 4) is 0 Å². The molecule has 7 heteroatoms. The van der Waals surface area contributed by atoms with Gasteiger partial charge in [0.2, 0.25) is 0 Å². The van der Waals surface area contributed by atoms with Gasteiger partial charge >= 0.3 is 5.97 Å². The van der Waals surface area contributed by atoms with Crippen LogP contribution in [0, 0.1) is 17.3 Å². The van der Waals surface area contributed by atoms with Gasteiger partial charge in [-0.05, 0) is 56.2 Å². The zero-order valence-corrected chi connectivity index (χ0v) is 23.6. The van der Waals surface area contributed by atoms with Crippen molar-refractivity contribution >= 4 is 22.7 Å². The number of pyridine rings is 1. The highest BCUT2D eigenvalue weighted by Crippen LogP contribution is 2.47. The van der Waals surface area contributed by atoms with E-state index in [1.165, 1.54) is 0 Å². The lowest BCUT2D eigenvalue weighted by Crippen LogP contribution is -2.46. The number of Topliss-reactive ketones (excluding diaryl/α,β-unsaturated/α-hetero) is 1. The molecule has 0 spiro atoms. The lowest BCUT2D eigenvalue weighted by molar-refractivity contribution is -0.156. The largest absolute Gasteiger partial charge is 0.457 e. The Balaban J connectivity index is 1.63. The van der Waals surface area contributed by atoms with Gasteiger partial charge in [0, 0.05) is 23.9 Å². The van der Waals surface area contributed by atoms with E-state index in [9.17, 15) is 19.8 Å². The first-order valence-corrected chi connectivity index (χ1v) is 14.2. The van der Waals surface area contributed by atoms with Crippen molar-refractivity contribution in [1.82, 2.24) is 4.98 Å². The minimum atomic E-state index is -1.26. The van der Waals surface area contributed by atoms with E-state index in [0.29, 0.717) is 19.3 Å². The molecular formula is C32H43NO6. The molecule has 0 aliphatic carbocycles. The number of carbonyl (C=O) groups excluding carboxylic acids is 2. The van der Waals surface area contributed by atoms with Gasteiger partial charge in [-0.3, -0.25) is 14.6 Å². The van der Waals surface area contributed by atoms with Crippen molar-refractivity contribution in [2.24, 2.45) is 17.3 Å². The molecule has 0 amide bonds. The first-order valence-electron chi connectivity index (χ1n) is 14.2. The maximum Gasteiger partial charge on any atom is 0.309 e. The molecule has 3 heterocycles. The van der Waals surface area contributed by atoms with Crippen LogP contribution >= 0.6 is 0 Å². The molecule has 212 valence electrons. The molecule has 2 aliphatic rings. The number of nitrogens with zero attached hydrogens (tertiary/aromatic N) is 1. The average Bonchev–Trinajstić information content (AvgIpc) is 3.55. The predicted octanol–water partition coefficient (Wildman–Crippen LogP) is 5.48. The summed E-state index contributed by atoms with van der Waals surface area (Å²) < 4.78 is 12.1. The molecule has 39 heavy (non-hydrogen) atoms. The Labute approximate surface area is 231 Å². The van der Waals surface area contributed by atoms with Gasteiger partial charge in [-0.15, -0.1) is 6.58 Å². The molecule has 7 unspecified atom stereocenters. The zero-order valence-electron chi connectivity index (χ0n) is 23.6. The van der Waals surface area contributed by atoms with E-state index in [-0.39, 0.29) is 29.8 Å². The molecular weight excluding hydrogens is 494 g/mol. The number of ether oxygens (including phenoxy) is 2. The maximum absolute atomic E-state index is 13.7. The second-order valence-electron chi connectivity index (χ2n) is 12.2. The fourth-order valence-electron chi connectivity index (χ4n) is 5.90. The smallest absolute Gasteiger partial charge is 0.309 e. The number of cyclic esters (lactones) is 1. The number of esters is 1. The monoisotopic (exact) mass is 537 g/mol. The molecule has 1 aromatic heterocycles. The van der Waals surface area contributed by atoms with E-state index in [0.717, 1.165) is 35.7 Å². The predicted molar refractivity (Wildman–Crippen MR) is 150 cm³/mol. The van der Waals surface area contributed by atoms with Crippen molar-refractivity contribution in [3.05, 3.63) is 54.7 Å². The van der Waals surface area contributed by atoms with Crippen LogP contribution in [0.15, 0.2) is 49.2 Å². The molecule has 4 rings (SSSR count). The summed E-state index contributed by atoms with van der Waals surface area (Å²) in [6.07, 6.45) is 4.27. The quantitative estimate of drug-likeness (QED) is 0.302. The maximum atomic E-state index is 13.7. The summed E-state index contributed by atoms with van der Waals surface area (Å²) in [5.74, 6) is -1.59. The number of epoxide rings is 1. The third kappa shape index (κ3) is 6.59. The SMILES string of the molecule is C=CCCC1C(=O)C(C)(C)C(O)CC(=O)OC(c2ccc3cccnc3c2)CC2OC2(C)CCCC(C)C1O. The van der Waals surface area contributed by atoms with Crippen LogP contribution in [0.5, 0.6) is 0 Å². The number of aliphatic hydroxyl groups excluding tert-OH is 2. The number of fused-ring (bicyclic) bond motifs is 2. The van der Waals surface area contributed by atoms with Crippen molar-refractivity contribution in [2.45, 2.75) is 103 Å². The van der Waals surface area contributed by atoms with Gasteiger partial charge in [-0.1, -0.05) is 51.5 Å². The highest BCUT2D eigenvalue weighted by atomic mass is 16.6. The number of rotatable bonds is 4. The number of hydrogen-bond acceptors (Lipinski definition) is 7. The fraction of sp³-hybridized carbons (Fsp3) is 0.594. The highest BCUT2D eigenvalue weighted by molar-refractivity contribution is 5.88. The van der Waals surface area contributed by atoms with E-state index in [4.69, 9.17) is 9.47 Å². The zero-order chi connectivity index (χ0) is 28.4. The summed E-state index contributed by atoms with van der Waals surface area (Å²) in [5.41, 5.74) is 0.0478. The Bertz CT molecular complexity index is 1190. The van der Waals surface area contributed by atoms with Gasteiger partial charge in [0.05, 0.1) is 41.3 Å². The van der Waals surface area contributed by atoms with E-state index in [2.05, 4.69) is 18.5 Å². The number of aromatic nitrogens is 1. The fourth-order valence-corrected chi connectivity index (χ4v) is 5.90. The number of ketones is 1. The van der Waals surface area contributed by atoms with E-state index < -0.39 is 35.6 Å². The Hall–Kier alpha value is -2.61. The number of aliphatic hydroxyl groups is 2. The Kier molecular flexibility index (Phi) is 8.94. The minimum absolute atomic E-state index is 0.0776. The second kappa shape index (κ2) is 11.9. The van der Waals surface area contributed by atoms with Crippen LogP contribution in [0.2, 0.25) is 0 Å². The van der Waals surface area contributed by atoms with Gasteiger partial charge in [0.15, 0.2) is 0 Å². The molecule has 2 fully saturated rings. The molecule has 2 aromatic rings. The second-order valence-corrected chi connectivity index (χ2v) is 12.2. The van der Waals surface area contributed by atoms with Crippen LogP contribution in [-0.4, -0.2) is 50.9 Å². The number of hydrogen-bond donors (Lipinski definition) is 2. The Morgan fingerprint density at radius 3 is 2.69 bits per heavy atom. The average molecular weight is 538 g/mol. The molecule has 0 radical (unpaired) electrons.